The van der Waals surface area contributed by atoms with E-state index >= 15 is 0 Å². The molecule has 0 aliphatic carbocycles. The zero-order chi connectivity index (χ0) is 11.7. The number of carbonyl (C=O) groups is 1. The largest absolute Gasteiger partial charge is 0.309 e. The van der Waals surface area contributed by atoms with Crippen molar-refractivity contribution in [2.24, 2.45) is 5.92 Å². The second-order valence-corrected chi connectivity index (χ2v) is 5.39. The van der Waals surface area contributed by atoms with Crippen molar-refractivity contribution < 1.29 is 9.18 Å². The molecule has 0 aromatic heterocycles. The Morgan fingerprint density at radius 3 is 2.81 bits per heavy atom. The van der Waals surface area contributed by atoms with Gasteiger partial charge in [0.1, 0.15) is 5.82 Å². The molecule has 0 bridgehead atoms. The van der Waals surface area contributed by atoms with Gasteiger partial charge in [-0.25, -0.2) is 4.39 Å². The van der Waals surface area contributed by atoms with Gasteiger partial charge in [0.25, 0.3) is 0 Å². The summed E-state index contributed by atoms with van der Waals surface area (Å²) in [5, 5.41) is 0.771. The van der Waals surface area contributed by atoms with Gasteiger partial charge < -0.3 is 4.90 Å². The Labute approximate surface area is 110 Å². The van der Waals surface area contributed by atoms with Crippen molar-refractivity contribution in [3.8, 4) is 0 Å². The zero-order valence-electron chi connectivity index (χ0n) is 8.42. The van der Waals surface area contributed by atoms with Crippen molar-refractivity contribution in [1.82, 2.24) is 0 Å². The molecule has 2 rings (SSSR count). The van der Waals surface area contributed by atoms with Crippen LogP contribution in [0.5, 0.6) is 0 Å². The van der Waals surface area contributed by atoms with E-state index in [0.29, 0.717) is 23.1 Å². The maximum Gasteiger partial charge on any atom is 0.227 e. The summed E-state index contributed by atoms with van der Waals surface area (Å²) in [6.07, 6.45) is 0.487. The van der Waals surface area contributed by atoms with Crippen molar-refractivity contribution in [1.29, 1.82) is 0 Å². The molecular formula is C11H10Br2FNO. The first-order valence-electron chi connectivity index (χ1n) is 4.93. The standard InChI is InChI=1S/C11H10Br2FNO/c12-5-7-3-11(16)15(6-7)10-2-1-8(13)4-9(10)14/h1-2,4,7H,3,5-6H2. The van der Waals surface area contributed by atoms with Crippen LogP contribution >= 0.6 is 31.9 Å². The minimum absolute atomic E-state index is 0.00864. The highest BCUT2D eigenvalue weighted by molar-refractivity contribution is 9.10. The molecule has 1 fully saturated rings. The van der Waals surface area contributed by atoms with Crippen LogP contribution in [-0.2, 0) is 4.79 Å². The number of anilines is 1. The molecule has 1 aliphatic heterocycles. The highest BCUT2D eigenvalue weighted by Crippen LogP contribution is 2.29. The summed E-state index contributed by atoms with van der Waals surface area (Å²) < 4.78 is 14.3. The van der Waals surface area contributed by atoms with Crippen LogP contribution < -0.4 is 4.90 Å². The van der Waals surface area contributed by atoms with Crippen LogP contribution in [0, 0.1) is 11.7 Å². The molecule has 0 radical (unpaired) electrons. The van der Waals surface area contributed by atoms with E-state index in [-0.39, 0.29) is 17.6 Å². The van der Waals surface area contributed by atoms with Crippen LogP contribution in [0.15, 0.2) is 22.7 Å². The number of rotatable bonds is 2. The molecule has 1 aromatic rings. The van der Waals surface area contributed by atoms with E-state index in [4.69, 9.17) is 0 Å². The highest BCUT2D eigenvalue weighted by Gasteiger charge is 2.31. The molecule has 16 heavy (non-hydrogen) atoms. The van der Waals surface area contributed by atoms with Crippen LogP contribution in [0.4, 0.5) is 10.1 Å². The lowest BCUT2D eigenvalue weighted by Gasteiger charge is -2.17. The normalized spacial score (nSPS) is 20.6. The monoisotopic (exact) mass is 349 g/mol. The second-order valence-electron chi connectivity index (χ2n) is 3.82. The first-order chi connectivity index (χ1) is 7.61. The molecule has 1 atom stereocenters. The van der Waals surface area contributed by atoms with Crippen LogP contribution in [0.25, 0.3) is 0 Å². The van der Waals surface area contributed by atoms with Crippen LogP contribution in [0.3, 0.4) is 0 Å². The summed E-state index contributed by atoms with van der Waals surface area (Å²) in [4.78, 5) is 13.2. The summed E-state index contributed by atoms with van der Waals surface area (Å²) in [5.41, 5.74) is 0.372. The number of halogens is 3. The van der Waals surface area contributed by atoms with E-state index in [1.807, 2.05) is 0 Å². The van der Waals surface area contributed by atoms with E-state index < -0.39 is 0 Å². The van der Waals surface area contributed by atoms with E-state index in [1.165, 1.54) is 11.0 Å². The highest BCUT2D eigenvalue weighted by atomic mass is 79.9. The smallest absolute Gasteiger partial charge is 0.227 e. The quantitative estimate of drug-likeness (QED) is 0.749. The maximum atomic E-state index is 13.7. The number of carbonyl (C=O) groups excluding carboxylic acids is 1. The van der Waals surface area contributed by atoms with Gasteiger partial charge in [0.2, 0.25) is 5.91 Å². The lowest BCUT2D eigenvalue weighted by molar-refractivity contribution is -0.117. The minimum atomic E-state index is -0.363. The topological polar surface area (TPSA) is 20.3 Å². The molecule has 1 amide bonds. The molecule has 0 N–H and O–H groups in total. The van der Waals surface area contributed by atoms with E-state index in [1.54, 1.807) is 12.1 Å². The number of hydrogen-bond acceptors (Lipinski definition) is 1. The molecule has 86 valence electrons. The van der Waals surface area contributed by atoms with Crippen molar-refractivity contribution >= 4 is 43.5 Å². The number of benzene rings is 1. The molecule has 1 unspecified atom stereocenters. The number of hydrogen-bond donors (Lipinski definition) is 0. The van der Waals surface area contributed by atoms with Gasteiger partial charge in [-0.15, -0.1) is 0 Å². The van der Waals surface area contributed by atoms with Gasteiger partial charge >= 0.3 is 0 Å². The van der Waals surface area contributed by atoms with Gasteiger partial charge in [0.15, 0.2) is 0 Å². The van der Waals surface area contributed by atoms with Crippen LogP contribution in [-0.4, -0.2) is 17.8 Å². The predicted octanol–water partition coefficient (Wildman–Crippen LogP) is 3.34. The van der Waals surface area contributed by atoms with Crippen LogP contribution in [0.1, 0.15) is 6.42 Å². The molecule has 0 saturated carbocycles. The minimum Gasteiger partial charge on any atom is -0.309 e. The fraction of sp³-hybridized carbons (Fsp3) is 0.364. The molecule has 1 aliphatic rings. The molecule has 2 nitrogen and oxygen atoms in total. The first kappa shape index (κ1) is 12.0. The fourth-order valence-electron chi connectivity index (χ4n) is 1.82. The van der Waals surface area contributed by atoms with E-state index in [0.717, 1.165) is 5.33 Å². The molecule has 1 aromatic carbocycles. The summed E-state index contributed by atoms with van der Waals surface area (Å²) in [5.74, 6) is -0.0980. The summed E-state index contributed by atoms with van der Waals surface area (Å²) >= 11 is 6.55. The van der Waals surface area contributed by atoms with Crippen LogP contribution in [0.2, 0.25) is 0 Å². The average Bonchev–Trinajstić information content (AvgIpc) is 2.60. The van der Waals surface area contributed by atoms with Crippen molar-refractivity contribution in [3.05, 3.63) is 28.5 Å². The van der Waals surface area contributed by atoms with Crippen molar-refractivity contribution in [3.63, 3.8) is 0 Å². The third-order valence-electron chi connectivity index (χ3n) is 2.62. The third-order valence-corrected chi connectivity index (χ3v) is 4.03. The molecule has 1 saturated heterocycles. The third kappa shape index (κ3) is 2.30. The second kappa shape index (κ2) is 4.84. The average molecular weight is 351 g/mol. The summed E-state index contributed by atoms with van der Waals surface area (Å²) in [6.45, 7) is 0.586. The Morgan fingerprint density at radius 1 is 1.50 bits per heavy atom. The summed E-state index contributed by atoms with van der Waals surface area (Å²) in [6, 6.07) is 4.76. The molecule has 1 heterocycles. The van der Waals surface area contributed by atoms with E-state index in [2.05, 4.69) is 31.9 Å². The van der Waals surface area contributed by atoms with Gasteiger partial charge in [-0.2, -0.15) is 0 Å². The van der Waals surface area contributed by atoms with Crippen molar-refractivity contribution in [2.75, 3.05) is 16.8 Å². The van der Waals surface area contributed by atoms with Gasteiger partial charge in [0.05, 0.1) is 5.69 Å². The Morgan fingerprint density at radius 2 is 2.25 bits per heavy atom. The molecule has 5 heteroatoms. The zero-order valence-corrected chi connectivity index (χ0v) is 11.6. The SMILES string of the molecule is O=C1CC(CBr)CN1c1ccc(Br)cc1F. The fourth-order valence-corrected chi connectivity index (χ4v) is 2.58. The Hall–Kier alpha value is -0.420. The Kier molecular flexibility index (Phi) is 3.64. The Balaban J connectivity index is 2.28. The number of amides is 1. The van der Waals surface area contributed by atoms with Gasteiger partial charge in [0, 0.05) is 22.8 Å². The number of alkyl halides is 1. The number of nitrogens with zero attached hydrogens (tertiary/aromatic N) is 1. The maximum absolute atomic E-state index is 13.7. The molecular weight excluding hydrogens is 341 g/mol. The lowest BCUT2D eigenvalue weighted by Crippen LogP contribution is -2.25. The van der Waals surface area contributed by atoms with Gasteiger partial charge in [-0.3, -0.25) is 4.79 Å². The summed E-state index contributed by atoms with van der Waals surface area (Å²) in [7, 11) is 0. The van der Waals surface area contributed by atoms with E-state index in [9.17, 15) is 9.18 Å². The van der Waals surface area contributed by atoms with Gasteiger partial charge in [-0.05, 0) is 24.1 Å². The Bertz CT molecular complexity index is 424. The predicted molar refractivity (Wildman–Crippen MR) is 68.4 cm³/mol. The molecule has 0 spiro atoms. The first-order valence-corrected chi connectivity index (χ1v) is 6.84. The van der Waals surface area contributed by atoms with Gasteiger partial charge in [-0.1, -0.05) is 31.9 Å². The van der Waals surface area contributed by atoms with Crippen molar-refractivity contribution in [2.45, 2.75) is 6.42 Å². The lowest BCUT2D eigenvalue weighted by atomic mass is 10.2.